The van der Waals surface area contributed by atoms with E-state index in [1.807, 2.05) is 24.3 Å². The molecule has 0 aromatic heterocycles. The number of fused-ring (bicyclic) bond motifs is 1. The number of para-hydroxylation sites is 1. The van der Waals surface area contributed by atoms with Crippen molar-refractivity contribution < 1.29 is 35.5 Å². The zero-order valence-electron chi connectivity index (χ0n) is 26.0. The second kappa shape index (κ2) is 13.8. The highest BCUT2D eigenvalue weighted by Gasteiger charge is 2.37. The van der Waals surface area contributed by atoms with Crippen molar-refractivity contribution in [3.63, 3.8) is 0 Å². The van der Waals surface area contributed by atoms with E-state index < -0.39 is 52.9 Å². The molecule has 51 heavy (non-hydrogen) atoms. The van der Waals surface area contributed by atoms with E-state index in [2.05, 4.69) is 31.3 Å². The Hall–Kier alpha value is -6.40. The van der Waals surface area contributed by atoms with Crippen molar-refractivity contribution in [1.82, 2.24) is 0 Å². The predicted octanol–water partition coefficient (Wildman–Crippen LogP) is 5.95. The third kappa shape index (κ3) is 7.76. The fourth-order valence-electron chi connectivity index (χ4n) is 4.95. The first-order chi connectivity index (χ1) is 24.3. The molecule has 17 heteroatoms. The molecule has 256 valence electrons. The van der Waals surface area contributed by atoms with E-state index in [1.165, 1.54) is 12.2 Å². The molecule has 0 heterocycles. The third-order valence-electron chi connectivity index (χ3n) is 7.42. The number of allylic oxidation sites excluding steroid dienone is 5. The maximum Gasteiger partial charge on any atom is 0.296 e. The number of hydrazone groups is 2. The van der Waals surface area contributed by atoms with Crippen LogP contribution < -0.4 is 16.6 Å². The Balaban J connectivity index is 1.29. The van der Waals surface area contributed by atoms with E-state index in [9.17, 15) is 35.5 Å². The summed E-state index contributed by atoms with van der Waals surface area (Å²) in [5.74, 6) is -1.18. The average Bonchev–Trinajstić information content (AvgIpc) is 3.10. The molecule has 0 spiro atoms. The van der Waals surface area contributed by atoms with Crippen LogP contribution in [0.5, 0.6) is 0 Å². The van der Waals surface area contributed by atoms with Crippen LogP contribution in [-0.4, -0.2) is 48.9 Å². The van der Waals surface area contributed by atoms with Crippen molar-refractivity contribution in [1.29, 1.82) is 0 Å². The van der Waals surface area contributed by atoms with E-state index in [-0.39, 0.29) is 22.6 Å². The van der Waals surface area contributed by atoms with Crippen molar-refractivity contribution in [2.75, 3.05) is 16.6 Å². The minimum atomic E-state index is -5.05. The van der Waals surface area contributed by atoms with Crippen LogP contribution in [0.15, 0.2) is 139 Å². The molecular formula is C34H25N7O8S2. The lowest BCUT2D eigenvalue weighted by Crippen LogP contribution is -2.28. The van der Waals surface area contributed by atoms with Gasteiger partial charge in [-0.05, 0) is 89.5 Å². The summed E-state index contributed by atoms with van der Waals surface area (Å²) in [5, 5.41) is 16.2. The lowest BCUT2D eigenvalue weighted by molar-refractivity contribution is -0.110. The van der Waals surface area contributed by atoms with Crippen molar-refractivity contribution in [2.24, 2.45) is 20.4 Å². The molecular weight excluding hydrogens is 699 g/mol. The van der Waals surface area contributed by atoms with Gasteiger partial charge in [0.15, 0.2) is 11.5 Å². The molecule has 4 aromatic rings. The SMILES string of the molecule is Nc1c(N=Nc2ccc(-c3ccc(NN=C4C=CC(=O)C=C4)cc3)cc2)c(S(=O)(=O)O)cc2c1C(=O)/C(=N\Nc1ccccc1)C(S(=O)(=O)O)=C2. The summed E-state index contributed by atoms with van der Waals surface area (Å²) in [4.78, 5) is 23.1. The maximum absolute atomic E-state index is 13.6. The number of nitrogens with one attached hydrogen (secondary N) is 2. The standard InChI is InChI=1S/C34H25N7O8S2/c35-31-30-22(19-29(51(47,48)49)33(34(30)43)41-38-23-4-2-1-3-5-23)18-28(50(44,45)46)32(31)40-39-25-12-8-21(9-13-25)20-6-10-24(11-7-20)36-37-26-14-16-27(42)17-15-26/h1-19,36,38H,35H2,(H,44,45,46)(H,47,48,49)/b40-39?,41-33-. The van der Waals surface area contributed by atoms with E-state index in [1.54, 1.807) is 66.7 Å². The summed E-state index contributed by atoms with van der Waals surface area (Å²) in [6.07, 6.45) is 6.85. The Kier molecular flexibility index (Phi) is 9.35. The molecule has 0 atom stereocenters. The van der Waals surface area contributed by atoms with E-state index in [0.29, 0.717) is 17.1 Å². The maximum atomic E-state index is 13.6. The number of hydrogen-bond donors (Lipinski definition) is 5. The van der Waals surface area contributed by atoms with Gasteiger partial charge in [0.1, 0.15) is 15.5 Å². The number of carbonyl (C=O) groups excluding carboxylic acids is 2. The van der Waals surface area contributed by atoms with Gasteiger partial charge in [0.25, 0.3) is 20.2 Å². The highest BCUT2D eigenvalue weighted by molar-refractivity contribution is 7.91. The minimum Gasteiger partial charge on any atom is -0.396 e. The van der Waals surface area contributed by atoms with Gasteiger partial charge in [0.2, 0.25) is 5.78 Å². The third-order valence-corrected chi connectivity index (χ3v) is 9.16. The Morgan fingerprint density at radius 2 is 1.25 bits per heavy atom. The van der Waals surface area contributed by atoms with E-state index in [0.717, 1.165) is 23.3 Å². The molecule has 2 aliphatic carbocycles. The van der Waals surface area contributed by atoms with Gasteiger partial charge in [-0.3, -0.25) is 29.5 Å². The topological polar surface area (TPSA) is 242 Å². The molecule has 6 rings (SSSR count). The van der Waals surface area contributed by atoms with Crippen molar-refractivity contribution in [2.45, 2.75) is 4.90 Å². The number of benzene rings is 4. The minimum absolute atomic E-state index is 0.109. The summed E-state index contributed by atoms with van der Waals surface area (Å²) >= 11 is 0. The fraction of sp³-hybridized carbons (Fsp3) is 0. The van der Waals surface area contributed by atoms with Gasteiger partial charge in [0, 0.05) is 0 Å². The molecule has 0 amide bonds. The summed E-state index contributed by atoms with van der Waals surface area (Å²) in [5.41, 5.74) is 12.8. The molecule has 0 bridgehead atoms. The van der Waals surface area contributed by atoms with Gasteiger partial charge >= 0.3 is 0 Å². The van der Waals surface area contributed by atoms with Crippen LogP contribution in [0.3, 0.4) is 0 Å². The number of rotatable bonds is 9. The smallest absolute Gasteiger partial charge is 0.296 e. The highest BCUT2D eigenvalue weighted by Crippen LogP contribution is 2.41. The number of hydrogen-bond acceptors (Lipinski definition) is 13. The molecule has 0 aliphatic heterocycles. The highest BCUT2D eigenvalue weighted by atomic mass is 32.2. The second-order valence-electron chi connectivity index (χ2n) is 10.9. The first kappa shape index (κ1) is 34.5. The lowest BCUT2D eigenvalue weighted by Gasteiger charge is -2.20. The molecule has 0 fully saturated rings. The average molecular weight is 724 g/mol. The number of Topliss-reactive ketones (excluding diaryl/α,β-unsaturated/α-hetero) is 1. The number of nitrogens with two attached hydrogens (primary N) is 1. The van der Waals surface area contributed by atoms with Gasteiger partial charge < -0.3 is 5.73 Å². The van der Waals surface area contributed by atoms with Crippen molar-refractivity contribution in [3.8, 4) is 11.1 Å². The number of nitrogen functional groups attached to an aromatic ring is 1. The van der Waals surface area contributed by atoms with Gasteiger partial charge in [-0.1, -0.05) is 42.5 Å². The van der Waals surface area contributed by atoms with Crippen LogP contribution in [0.25, 0.3) is 17.2 Å². The summed E-state index contributed by atoms with van der Waals surface area (Å²) in [6.45, 7) is 0. The Labute approximate surface area is 290 Å². The van der Waals surface area contributed by atoms with Crippen LogP contribution >= 0.6 is 0 Å². The largest absolute Gasteiger partial charge is 0.396 e. The first-order valence-corrected chi connectivity index (χ1v) is 17.6. The number of ketones is 2. The molecule has 2 aliphatic rings. The Bertz CT molecular complexity index is 2470. The van der Waals surface area contributed by atoms with Crippen LogP contribution in [-0.2, 0) is 25.0 Å². The van der Waals surface area contributed by atoms with Crippen molar-refractivity contribution >= 4 is 77.7 Å². The van der Waals surface area contributed by atoms with Gasteiger partial charge in [-0.15, -0.1) is 5.11 Å². The van der Waals surface area contributed by atoms with Gasteiger partial charge in [-0.2, -0.15) is 32.2 Å². The van der Waals surface area contributed by atoms with Crippen LogP contribution in [0.1, 0.15) is 15.9 Å². The summed E-state index contributed by atoms with van der Waals surface area (Å²) < 4.78 is 69.2. The fourth-order valence-corrected chi connectivity index (χ4v) is 6.28. The molecule has 0 saturated carbocycles. The zero-order valence-corrected chi connectivity index (χ0v) is 27.6. The number of anilines is 3. The predicted molar refractivity (Wildman–Crippen MR) is 192 cm³/mol. The Morgan fingerprint density at radius 3 is 1.86 bits per heavy atom. The van der Waals surface area contributed by atoms with Crippen LogP contribution in [0.4, 0.5) is 28.4 Å². The molecule has 6 N–H and O–H groups in total. The van der Waals surface area contributed by atoms with Gasteiger partial charge in [0.05, 0.1) is 34.0 Å². The molecule has 0 saturated heterocycles. The number of carbonyl (C=O) groups is 2. The molecule has 15 nitrogen and oxygen atoms in total. The van der Waals surface area contributed by atoms with E-state index >= 15 is 0 Å². The first-order valence-electron chi connectivity index (χ1n) is 14.7. The Morgan fingerprint density at radius 1 is 0.667 bits per heavy atom. The lowest BCUT2D eigenvalue weighted by atomic mass is 9.92. The normalized spacial score (nSPS) is 15.2. The van der Waals surface area contributed by atoms with E-state index in [4.69, 9.17) is 5.73 Å². The van der Waals surface area contributed by atoms with Gasteiger partial charge in [-0.25, -0.2) is 0 Å². The monoisotopic (exact) mass is 723 g/mol. The summed E-state index contributed by atoms with van der Waals surface area (Å²) in [7, 11) is -10.1. The second-order valence-corrected chi connectivity index (χ2v) is 13.6. The summed E-state index contributed by atoms with van der Waals surface area (Å²) in [6, 6.07) is 23.0. The molecule has 0 unspecified atom stereocenters. The number of azo groups is 1. The zero-order chi connectivity index (χ0) is 36.3. The van der Waals surface area contributed by atoms with Crippen LogP contribution in [0.2, 0.25) is 0 Å². The quantitative estimate of drug-likeness (QED) is 0.0444. The molecule has 4 aromatic carbocycles. The number of nitrogens with zero attached hydrogens (tertiary/aromatic N) is 4. The van der Waals surface area contributed by atoms with Crippen LogP contribution in [0, 0.1) is 0 Å². The van der Waals surface area contributed by atoms with Crippen molar-refractivity contribution in [3.05, 3.63) is 125 Å². The molecule has 0 radical (unpaired) electrons.